The molecule has 0 spiro atoms. The van der Waals surface area contributed by atoms with Crippen molar-refractivity contribution in [3.63, 3.8) is 0 Å². The average molecular weight is 362 g/mol. The molecule has 0 N–H and O–H groups in total. The Morgan fingerprint density at radius 2 is 1.81 bits per heavy atom. The van der Waals surface area contributed by atoms with Crippen molar-refractivity contribution in [3.05, 3.63) is 60.2 Å². The number of rotatable bonds is 7. The van der Waals surface area contributed by atoms with Crippen molar-refractivity contribution in [1.29, 1.82) is 5.26 Å². The molecule has 2 aliphatic rings. The van der Waals surface area contributed by atoms with Crippen LogP contribution in [0.15, 0.2) is 54.6 Å². The molecule has 0 saturated heterocycles. The van der Waals surface area contributed by atoms with Crippen LogP contribution in [-0.2, 0) is 0 Å². The van der Waals surface area contributed by atoms with Crippen molar-refractivity contribution in [3.8, 4) is 6.07 Å². The minimum absolute atomic E-state index is 0.0885. The molecule has 27 heavy (non-hydrogen) atoms. The Morgan fingerprint density at radius 1 is 1.07 bits per heavy atom. The lowest BCUT2D eigenvalue weighted by Crippen LogP contribution is -2.29. The summed E-state index contributed by atoms with van der Waals surface area (Å²) in [6, 6.07) is 13.5. The third kappa shape index (κ3) is 4.92. The molecule has 0 radical (unpaired) electrons. The van der Waals surface area contributed by atoms with Gasteiger partial charge in [-0.2, -0.15) is 5.26 Å². The number of hydrogen-bond acceptors (Lipinski definition) is 1. The van der Waals surface area contributed by atoms with E-state index >= 15 is 0 Å². The van der Waals surface area contributed by atoms with E-state index in [9.17, 15) is 5.26 Å². The van der Waals surface area contributed by atoms with Crippen molar-refractivity contribution in [2.45, 2.75) is 77.6 Å². The van der Waals surface area contributed by atoms with Crippen LogP contribution >= 0.6 is 0 Å². The Morgan fingerprint density at radius 3 is 2.44 bits per heavy atom. The van der Waals surface area contributed by atoms with E-state index in [0.29, 0.717) is 11.8 Å². The molecule has 3 rings (SSSR count). The molecule has 2 unspecified atom stereocenters. The lowest BCUT2D eigenvalue weighted by molar-refractivity contribution is 0.176. The molecular formula is C26H35N. The fourth-order valence-electron chi connectivity index (χ4n) is 5.09. The monoisotopic (exact) mass is 361 g/mol. The summed E-state index contributed by atoms with van der Waals surface area (Å²) < 4.78 is 0. The van der Waals surface area contributed by atoms with Gasteiger partial charge in [0.15, 0.2) is 0 Å². The first-order valence-electron chi connectivity index (χ1n) is 11.0. The van der Waals surface area contributed by atoms with E-state index < -0.39 is 0 Å². The van der Waals surface area contributed by atoms with Crippen molar-refractivity contribution >= 4 is 0 Å². The second kappa shape index (κ2) is 8.92. The molecule has 1 nitrogen and oxygen atoms in total. The zero-order chi connectivity index (χ0) is 19.2. The third-order valence-corrected chi connectivity index (χ3v) is 6.85. The van der Waals surface area contributed by atoms with Gasteiger partial charge in [-0.15, -0.1) is 0 Å². The van der Waals surface area contributed by atoms with Crippen LogP contribution in [0.5, 0.6) is 0 Å². The van der Waals surface area contributed by atoms with Crippen LogP contribution in [-0.4, -0.2) is 0 Å². The summed E-state index contributed by atoms with van der Waals surface area (Å²) in [5.41, 5.74) is 1.42. The molecule has 1 aromatic rings. The molecule has 0 aromatic heterocycles. The first kappa shape index (κ1) is 19.9. The summed E-state index contributed by atoms with van der Waals surface area (Å²) in [5, 5.41) is 9.95. The maximum Gasteiger partial charge on any atom is 0.0689 e. The van der Waals surface area contributed by atoms with E-state index in [4.69, 9.17) is 0 Å². The van der Waals surface area contributed by atoms with Gasteiger partial charge in [0.05, 0.1) is 11.5 Å². The molecule has 2 aliphatic carbocycles. The molecule has 1 heteroatoms. The predicted octanol–water partition coefficient (Wildman–Crippen LogP) is 7.57. The lowest BCUT2D eigenvalue weighted by atomic mass is 9.64. The van der Waals surface area contributed by atoms with Crippen LogP contribution in [0.4, 0.5) is 0 Å². The first-order valence-corrected chi connectivity index (χ1v) is 11.0. The Kier molecular flexibility index (Phi) is 6.59. The summed E-state index contributed by atoms with van der Waals surface area (Å²) in [7, 11) is 0. The van der Waals surface area contributed by atoms with E-state index in [2.05, 4.69) is 74.6 Å². The molecule has 0 aliphatic heterocycles. The zero-order valence-electron chi connectivity index (χ0n) is 17.2. The number of nitrogens with zero attached hydrogens (tertiary/aromatic N) is 1. The van der Waals surface area contributed by atoms with E-state index in [0.717, 1.165) is 25.7 Å². The molecule has 0 amide bonds. The molecule has 0 bridgehead atoms. The van der Waals surface area contributed by atoms with Gasteiger partial charge in [0.2, 0.25) is 0 Å². The Labute approximate surface area is 166 Å². The molecular weight excluding hydrogens is 326 g/mol. The third-order valence-electron chi connectivity index (χ3n) is 6.85. The van der Waals surface area contributed by atoms with Crippen molar-refractivity contribution < 1.29 is 0 Å². The Bertz CT molecular complexity index is 679. The Balaban J connectivity index is 1.72. The van der Waals surface area contributed by atoms with Gasteiger partial charge >= 0.3 is 0 Å². The van der Waals surface area contributed by atoms with Gasteiger partial charge < -0.3 is 0 Å². The van der Waals surface area contributed by atoms with Crippen LogP contribution in [0.25, 0.3) is 0 Å². The van der Waals surface area contributed by atoms with Gasteiger partial charge in [-0.1, -0.05) is 94.2 Å². The highest BCUT2D eigenvalue weighted by Gasteiger charge is 2.37. The van der Waals surface area contributed by atoms with Crippen molar-refractivity contribution in [2.75, 3.05) is 0 Å². The largest absolute Gasteiger partial charge is 0.198 e. The second-order valence-corrected chi connectivity index (χ2v) is 9.09. The van der Waals surface area contributed by atoms with E-state index in [1.165, 1.54) is 37.7 Å². The van der Waals surface area contributed by atoms with E-state index in [1.807, 2.05) is 0 Å². The highest BCUT2D eigenvalue weighted by Crippen LogP contribution is 2.47. The van der Waals surface area contributed by atoms with Crippen LogP contribution < -0.4 is 0 Å². The standard InChI is InChI=1S/C26H35N/c1-3-4-14-25(18-19-26(21-27)15-8-9-22(2)20-26)16-12-24(13-17-25)23-10-6-5-7-11-23/h5-7,10-13,16-17,22,24H,3-4,8-9,14-15,18-20H2,1-2H3. The normalized spacial score (nSPS) is 32.9. The van der Waals surface area contributed by atoms with Gasteiger partial charge in [-0.05, 0) is 43.6 Å². The topological polar surface area (TPSA) is 23.8 Å². The average Bonchev–Trinajstić information content (AvgIpc) is 2.72. The van der Waals surface area contributed by atoms with Crippen molar-refractivity contribution in [2.24, 2.45) is 16.7 Å². The molecule has 2 atom stereocenters. The fourth-order valence-corrected chi connectivity index (χ4v) is 5.09. The highest BCUT2D eigenvalue weighted by molar-refractivity contribution is 5.34. The molecule has 1 saturated carbocycles. The maximum atomic E-state index is 9.95. The highest BCUT2D eigenvalue weighted by atomic mass is 14.4. The van der Waals surface area contributed by atoms with Gasteiger partial charge in [0.25, 0.3) is 0 Å². The minimum atomic E-state index is -0.0885. The van der Waals surface area contributed by atoms with E-state index in [1.54, 1.807) is 0 Å². The van der Waals surface area contributed by atoms with Gasteiger partial charge in [-0.25, -0.2) is 0 Å². The molecule has 144 valence electrons. The number of benzene rings is 1. The molecule has 1 aromatic carbocycles. The zero-order valence-corrected chi connectivity index (χ0v) is 17.2. The second-order valence-electron chi connectivity index (χ2n) is 9.09. The van der Waals surface area contributed by atoms with E-state index in [-0.39, 0.29) is 10.8 Å². The number of hydrogen-bond donors (Lipinski definition) is 0. The summed E-state index contributed by atoms with van der Waals surface area (Å²) in [5.74, 6) is 1.09. The smallest absolute Gasteiger partial charge is 0.0689 e. The molecule has 0 heterocycles. The first-order chi connectivity index (χ1) is 13.1. The maximum absolute atomic E-state index is 9.95. The molecule has 1 fully saturated rings. The predicted molar refractivity (Wildman–Crippen MR) is 114 cm³/mol. The van der Waals surface area contributed by atoms with Gasteiger partial charge in [-0.3, -0.25) is 0 Å². The summed E-state index contributed by atoms with van der Waals surface area (Å²) in [6.45, 7) is 4.60. The summed E-state index contributed by atoms with van der Waals surface area (Å²) in [6.07, 6.45) is 20.3. The van der Waals surface area contributed by atoms with Gasteiger partial charge in [0.1, 0.15) is 0 Å². The minimum Gasteiger partial charge on any atom is -0.198 e. The van der Waals surface area contributed by atoms with Crippen LogP contribution in [0.3, 0.4) is 0 Å². The van der Waals surface area contributed by atoms with Crippen LogP contribution in [0.2, 0.25) is 0 Å². The lowest BCUT2D eigenvalue weighted by Gasteiger charge is -2.38. The van der Waals surface area contributed by atoms with Crippen LogP contribution in [0.1, 0.15) is 83.1 Å². The van der Waals surface area contributed by atoms with Crippen LogP contribution in [0, 0.1) is 28.1 Å². The van der Waals surface area contributed by atoms with Gasteiger partial charge in [0, 0.05) is 11.3 Å². The fraction of sp³-hybridized carbons (Fsp3) is 0.577. The SMILES string of the molecule is CCCCC1(CCC2(C#N)CCCC(C)C2)C=CC(c2ccccc2)C=C1. The number of allylic oxidation sites excluding steroid dienone is 4. The Hall–Kier alpha value is -1.81. The summed E-state index contributed by atoms with van der Waals surface area (Å²) >= 11 is 0. The number of unbranched alkanes of at least 4 members (excludes halogenated alkanes) is 1. The number of nitriles is 1. The van der Waals surface area contributed by atoms with Crippen molar-refractivity contribution in [1.82, 2.24) is 0 Å². The summed E-state index contributed by atoms with van der Waals surface area (Å²) in [4.78, 5) is 0. The quantitative estimate of drug-likeness (QED) is 0.459.